The average molecular weight is 387 g/mol. The highest BCUT2D eigenvalue weighted by atomic mass is 79.9. The first kappa shape index (κ1) is 16.5. The number of hydrogen-bond donors (Lipinski definition) is 0. The lowest BCUT2D eigenvalue weighted by Gasteiger charge is -2.26. The Bertz CT molecular complexity index is 654. The van der Waals surface area contributed by atoms with Gasteiger partial charge in [0, 0.05) is 22.4 Å². The van der Waals surface area contributed by atoms with Gasteiger partial charge in [-0.15, -0.1) is 0 Å². The summed E-state index contributed by atoms with van der Waals surface area (Å²) in [5, 5.41) is 0.695. The number of hydrogen-bond acceptors (Lipinski definition) is 0. The van der Waals surface area contributed by atoms with Crippen LogP contribution in [0.4, 0.5) is 17.6 Å². The molecular formula is C18H15BrF4. The minimum atomic E-state index is -4.23. The van der Waals surface area contributed by atoms with Crippen LogP contribution in [0.1, 0.15) is 41.0 Å². The van der Waals surface area contributed by atoms with Crippen molar-refractivity contribution in [1.82, 2.24) is 0 Å². The highest BCUT2D eigenvalue weighted by Crippen LogP contribution is 2.56. The zero-order valence-electron chi connectivity index (χ0n) is 12.2. The van der Waals surface area contributed by atoms with Crippen LogP contribution in [0.2, 0.25) is 0 Å². The van der Waals surface area contributed by atoms with Crippen LogP contribution in [-0.2, 0) is 11.8 Å². The molecule has 0 aromatic heterocycles. The molecule has 0 nitrogen and oxygen atoms in total. The van der Waals surface area contributed by atoms with Gasteiger partial charge in [-0.25, -0.2) is 0 Å². The first-order chi connectivity index (χ1) is 10.9. The Labute approximate surface area is 140 Å². The second kappa shape index (κ2) is 5.93. The van der Waals surface area contributed by atoms with E-state index in [0.29, 0.717) is 29.3 Å². The summed E-state index contributed by atoms with van der Waals surface area (Å²) >= 11 is 3.32. The zero-order valence-corrected chi connectivity index (χ0v) is 13.8. The maximum atomic E-state index is 14.6. The molecule has 0 bridgehead atoms. The van der Waals surface area contributed by atoms with Crippen molar-refractivity contribution in [3.63, 3.8) is 0 Å². The maximum Gasteiger partial charge on any atom is 0.340 e. The SMILES string of the molecule is FC1(F)c2ccccc2C(CCCBr)c2ccccc2C1(F)F. The van der Waals surface area contributed by atoms with E-state index in [9.17, 15) is 17.6 Å². The molecule has 0 aliphatic heterocycles. The Morgan fingerprint density at radius 3 is 1.65 bits per heavy atom. The fourth-order valence-corrected chi connectivity index (χ4v) is 3.60. The van der Waals surface area contributed by atoms with Crippen LogP contribution in [0.15, 0.2) is 48.5 Å². The maximum absolute atomic E-state index is 14.6. The van der Waals surface area contributed by atoms with Gasteiger partial charge in [-0.05, 0) is 24.0 Å². The minimum Gasteiger partial charge on any atom is -0.194 e. The zero-order chi connectivity index (χ0) is 16.7. The lowest BCUT2D eigenvalue weighted by molar-refractivity contribution is -0.223. The summed E-state index contributed by atoms with van der Waals surface area (Å²) in [5.74, 6) is -8.93. The van der Waals surface area contributed by atoms with E-state index < -0.39 is 28.9 Å². The van der Waals surface area contributed by atoms with Crippen LogP contribution in [0.25, 0.3) is 0 Å². The van der Waals surface area contributed by atoms with Gasteiger partial charge in [-0.2, -0.15) is 17.6 Å². The van der Waals surface area contributed by atoms with E-state index in [1.54, 1.807) is 24.3 Å². The highest BCUT2D eigenvalue weighted by Gasteiger charge is 2.61. The average Bonchev–Trinajstić information content (AvgIpc) is 2.60. The highest BCUT2D eigenvalue weighted by molar-refractivity contribution is 9.09. The van der Waals surface area contributed by atoms with E-state index in [2.05, 4.69) is 15.9 Å². The van der Waals surface area contributed by atoms with E-state index in [1.165, 1.54) is 12.1 Å². The van der Waals surface area contributed by atoms with Crippen LogP contribution < -0.4 is 0 Å². The predicted octanol–water partition coefficient (Wildman–Crippen LogP) is 6.19. The molecule has 2 aromatic carbocycles. The summed E-state index contributed by atoms with van der Waals surface area (Å²) in [4.78, 5) is 0. The molecule has 0 radical (unpaired) electrons. The number of benzene rings is 2. The fourth-order valence-electron chi connectivity index (χ4n) is 3.27. The van der Waals surface area contributed by atoms with Crippen molar-refractivity contribution < 1.29 is 17.6 Å². The third-order valence-electron chi connectivity index (χ3n) is 4.37. The third-order valence-corrected chi connectivity index (χ3v) is 4.93. The molecule has 122 valence electrons. The number of halogens is 5. The molecule has 5 heteroatoms. The molecule has 3 rings (SSSR count). The summed E-state index contributed by atoms with van der Waals surface area (Å²) in [6.07, 6.45) is 1.25. The summed E-state index contributed by atoms with van der Waals surface area (Å²) in [5.41, 5.74) is -0.548. The van der Waals surface area contributed by atoms with Crippen LogP contribution in [-0.4, -0.2) is 5.33 Å². The molecule has 0 atom stereocenters. The molecule has 0 saturated heterocycles. The lowest BCUT2D eigenvalue weighted by atomic mass is 9.85. The quantitative estimate of drug-likeness (QED) is 0.435. The van der Waals surface area contributed by atoms with Crippen LogP contribution >= 0.6 is 15.9 Å². The topological polar surface area (TPSA) is 0 Å². The molecule has 0 heterocycles. The van der Waals surface area contributed by atoms with Gasteiger partial charge in [0.25, 0.3) is 0 Å². The van der Waals surface area contributed by atoms with Crippen LogP contribution in [0.5, 0.6) is 0 Å². The fraction of sp³-hybridized carbons (Fsp3) is 0.333. The van der Waals surface area contributed by atoms with Gasteiger partial charge in [0.05, 0.1) is 0 Å². The Morgan fingerprint density at radius 2 is 1.22 bits per heavy atom. The van der Waals surface area contributed by atoms with Gasteiger partial charge in [0.2, 0.25) is 0 Å². The molecule has 0 unspecified atom stereocenters. The van der Waals surface area contributed by atoms with E-state index in [-0.39, 0.29) is 0 Å². The Balaban J connectivity index is 2.32. The van der Waals surface area contributed by atoms with E-state index in [4.69, 9.17) is 0 Å². The second-order valence-electron chi connectivity index (χ2n) is 5.71. The summed E-state index contributed by atoms with van der Waals surface area (Å²) < 4.78 is 58.6. The number of alkyl halides is 5. The molecular weight excluding hydrogens is 372 g/mol. The van der Waals surface area contributed by atoms with Gasteiger partial charge in [0.1, 0.15) is 0 Å². The van der Waals surface area contributed by atoms with Crippen molar-refractivity contribution >= 4 is 15.9 Å². The molecule has 0 fully saturated rings. The molecule has 1 aliphatic carbocycles. The largest absolute Gasteiger partial charge is 0.340 e. The molecule has 0 N–H and O–H groups in total. The van der Waals surface area contributed by atoms with Crippen molar-refractivity contribution in [1.29, 1.82) is 0 Å². The first-order valence-electron chi connectivity index (χ1n) is 7.41. The second-order valence-corrected chi connectivity index (χ2v) is 6.50. The predicted molar refractivity (Wildman–Crippen MR) is 85.5 cm³/mol. The summed E-state index contributed by atoms with van der Waals surface area (Å²) in [6.45, 7) is 0. The van der Waals surface area contributed by atoms with Gasteiger partial charge in [-0.3, -0.25) is 0 Å². The van der Waals surface area contributed by atoms with E-state index in [0.717, 1.165) is 12.1 Å². The number of rotatable bonds is 3. The molecule has 0 saturated carbocycles. The molecule has 0 amide bonds. The summed E-state index contributed by atoms with van der Waals surface area (Å²) in [6, 6.07) is 11.4. The summed E-state index contributed by atoms with van der Waals surface area (Å²) in [7, 11) is 0. The van der Waals surface area contributed by atoms with Crippen molar-refractivity contribution in [2.45, 2.75) is 30.6 Å². The normalized spacial score (nSPS) is 18.8. The Hall–Kier alpha value is -1.36. The monoisotopic (exact) mass is 386 g/mol. The van der Waals surface area contributed by atoms with E-state index in [1.807, 2.05) is 0 Å². The van der Waals surface area contributed by atoms with Crippen molar-refractivity contribution in [3.8, 4) is 0 Å². The van der Waals surface area contributed by atoms with Crippen LogP contribution in [0, 0.1) is 0 Å². The number of fused-ring (bicyclic) bond motifs is 2. The molecule has 0 spiro atoms. The van der Waals surface area contributed by atoms with Crippen LogP contribution in [0.3, 0.4) is 0 Å². The first-order valence-corrected chi connectivity index (χ1v) is 8.53. The molecule has 2 aromatic rings. The molecule has 23 heavy (non-hydrogen) atoms. The lowest BCUT2D eigenvalue weighted by Crippen LogP contribution is -2.35. The van der Waals surface area contributed by atoms with Gasteiger partial charge >= 0.3 is 11.8 Å². The molecule has 1 aliphatic rings. The Kier molecular flexibility index (Phi) is 4.25. The minimum absolute atomic E-state index is 0.295. The van der Waals surface area contributed by atoms with Gasteiger partial charge in [-0.1, -0.05) is 64.5 Å². The van der Waals surface area contributed by atoms with E-state index >= 15 is 0 Å². The standard InChI is InChI=1S/C18H15BrF4/c19-11-5-8-12-13-6-1-3-9-15(13)17(20,21)18(22,23)16-10-4-2-7-14(12)16/h1-4,6-7,9-10,12H,5,8,11H2. The van der Waals surface area contributed by atoms with Crippen molar-refractivity contribution in [2.24, 2.45) is 0 Å². The smallest absolute Gasteiger partial charge is 0.194 e. The Morgan fingerprint density at radius 1 is 0.783 bits per heavy atom. The third kappa shape index (κ3) is 2.49. The van der Waals surface area contributed by atoms with Gasteiger partial charge in [0.15, 0.2) is 0 Å². The van der Waals surface area contributed by atoms with Crippen molar-refractivity contribution in [3.05, 3.63) is 70.8 Å². The van der Waals surface area contributed by atoms with Crippen molar-refractivity contribution in [2.75, 3.05) is 5.33 Å². The van der Waals surface area contributed by atoms with Gasteiger partial charge < -0.3 is 0 Å².